The first-order chi connectivity index (χ1) is 8.16. The normalized spacial score (nSPS) is 12.1. The Balaban J connectivity index is 2.04. The maximum Gasteiger partial charge on any atom is 0.253 e. The molecule has 0 aromatic carbocycles. The predicted octanol–water partition coefficient (Wildman–Crippen LogP) is 2.77. The number of thiophene rings is 1. The second-order valence-electron chi connectivity index (χ2n) is 3.62. The van der Waals surface area contributed by atoms with Gasteiger partial charge in [-0.1, -0.05) is 0 Å². The molecule has 0 fully saturated rings. The van der Waals surface area contributed by atoms with Gasteiger partial charge in [-0.2, -0.15) is 15.7 Å². The zero-order valence-corrected chi connectivity index (χ0v) is 10.00. The van der Waals surface area contributed by atoms with E-state index < -0.39 is 5.95 Å². The second kappa shape index (κ2) is 5.05. The van der Waals surface area contributed by atoms with Crippen molar-refractivity contribution in [3.63, 3.8) is 0 Å². The molecule has 2 rings (SSSR count). The van der Waals surface area contributed by atoms with Gasteiger partial charge in [-0.05, 0) is 41.4 Å². The predicted molar refractivity (Wildman–Crippen MR) is 64.4 cm³/mol. The van der Waals surface area contributed by atoms with Gasteiger partial charge >= 0.3 is 0 Å². The van der Waals surface area contributed by atoms with Gasteiger partial charge in [-0.25, -0.2) is 4.98 Å². The highest BCUT2D eigenvalue weighted by Gasteiger charge is 2.11. The van der Waals surface area contributed by atoms with E-state index in [0.717, 1.165) is 5.56 Å². The molecule has 1 N–H and O–H groups in total. The van der Waals surface area contributed by atoms with Crippen molar-refractivity contribution in [1.82, 2.24) is 10.3 Å². The highest BCUT2D eigenvalue weighted by atomic mass is 32.1. The summed E-state index contributed by atoms with van der Waals surface area (Å²) in [6.07, 6.45) is 1.23. The molecular formula is C12H11FN2OS. The van der Waals surface area contributed by atoms with Gasteiger partial charge in [0.2, 0.25) is 5.95 Å². The van der Waals surface area contributed by atoms with E-state index in [0.29, 0.717) is 5.56 Å². The lowest BCUT2D eigenvalue weighted by Gasteiger charge is -2.12. The van der Waals surface area contributed by atoms with Crippen molar-refractivity contribution in [2.45, 2.75) is 13.0 Å². The monoisotopic (exact) mass is 250 g/mol. The molecule has 1 unspecified atom stereocenters. The Morgan fingerprint density at radius 1 is 1.47 bits per heavy atom. The van der Waals surface area contributed by atoms with Crippen molar-refractivity contribution < 1.29 is 9.18 Å². The molecule has 88 valence electrons. The fourth-order valence-electron chi connectivity index (χ4n) is 1.39. The Bertz CT molecular complexity index is 496. The molecule has 2 aromatic heterocycles. The van der Waals surface area contributed by atoms with E-state index in [-0.39, 0.29) is 11.9 Å². The number of carbonyl (C=O) groups excluding carboxylic acids is 1. The third kappa shape index (κ3) is 2.88. The van der Waals surface area contributed by atoms with E-state index in [9.17, 15) is 9.18 Å². The Hall–Kier alpha value is -1.75. The average molecular weight is 250 g/mol. The molecule has 0 spiro atoms. The summed E-state index contributed by atoms with van der Waals surface area (Å²) in [5.74, 6) is -0.844. The van der Waals surface area contributed by atoms with Crippen LogP contribution < -0.4 is 5.32 Å². The molecule has 0 radical (unpaired) electrons. The molecule has 0 bridgehead atoms. The van der Waals surface area contributed by atoms with Crippen LogP contribution in [0.4, 0.5) is 4.39 Å². The van der Waals surface area contributed by atoms with Crippen molar-refractivity contribution in [3.05, 3.63) is 52.2 Å². The average Bonchev–Trinajstić information content (AvgIpc) is 2.83. The second-order valence-corrected chi connectivity index (χ2v) is 4.40. The van der Waals surface area contributed by atoms with Crippen molar-refractivity contribution in [2.24, 2.45) is 0 Å². The topological polar surface area (TPSA) is 42.0 Å². The summed E-state index contributed by atoms with van der Waals surface area (Å²) in [6, 6.07) is 4.47. The van der Waals surface area contributed by atoms with Crippen LogP contribution in [0, 0.1) is 5.95 Å². The van der Waals surface area contributed by atoms with Gasteiger partial charge in [-0.3, -0.25) is 4.79 Å². The van der Waals surface area contributed by atoms with E-state index in [1.54, 1.807) is 11.3 Å². The van der Waals surface area contributed by atoms with E-state index in [1.165, 1.54) is 18.3 Å². The number of hydrogen-bond acceptors (Lipinski definition) is 3. The number of rotatable bonds is 3. The highest BCUT2D eigenvalue weighted by Crippen LogP contribution is 2.16. The number of aromatic nitrogens is 1. The van der Waals surface area contributed by atoms with Crippen molar-refractivity contribution >= 4 is 17.2 Å². The number of amides is 1. The van der Waals surface area contributed by atoms with Crippen LogP contribution >= 0.6 is 11.3 Å². The summed E-state index contributed by atoms with van der Waals surface area (Å²) >= 11 is 1.58. The lowest BCUT2D eigenvalue weighted by Crippen LogP contribution is -2.26. The molecule has 1 amide bonds. The number of nitrogens with one attached hydrogen (secondary N) is 1. The highest BCUT2D eigenvalue weighted by molar-refractivity contribution is 7.07. The van der Waals surface area contributed by atoms with Crippen LogP contribution in [-0.4, -0.2) is 10.9 Å². The van der Waals surface area contributed by atoms with Gasteiger partial charge in [0.05, 0.1) is 11.6 Å². The largest absolute Gasteiger partial charge is 0.345 e. The molecule has 2 aromatic rings. The third-order valence-electron chi connectivity index (χ3n) is 2.38. The minimum atomic E-state index is -0.590. The van der Waals surface area contributed by atoms with Crippen molar-refractivity contribution in [1.29, 1.82) is 0 Å². The minimum absolute atomic E-state index is 0.0706. The first-order valence-corrected chi connectivity index (χ1v) is 6.05. The van der Waals surface area contributed by atoms with E-state index in [1.807, 2.05) is 23.8 Å². The zero-order valence-electron chi connectivity index (χ0n) is 9.18. The van der Waals surface area contributed by atoms with E-state index in [2.05, 4.69) is 10.3 Å². The number of hydrogen-bond donors (Lipinski definition) is 1. The Morgan fingerprint density at radius 2 is 2.29 bits per heavy atom. The first-order valence-electron chi connectivity index (χ1n) is 5.11. The van der Waals surface area contributed by atoms with Crippen LogP contribution in [0.5, 0.6) is 0 Å². The van der Waals surface area contributed by atoms with Gasteiger partial charge in [-0.15, -0.1) is 0 Å². The maximum atomic E-state index is 12.6. The third-order valence-corrected chi connectivity index (χ3v) is 3.08. The zero-order chi connectivity index (χ0) is 12.3. The Kier molecular flexibility index (Phi) is 3.49. The smallest absolute Gasteiger partial charge is 0.253 e. The molecule has 0 aliphatic rings. The Morgan fingerprint density at radius 3 is 2.88 bits per heavy atom. The van der Waals surface area contributed by atoms with Crippen LogP contribution in [0.25, 0.3) is 0 Å². The molecule has 0 saturated carbocycles. The SMILES string of the molecule is CC(NC(=O)c1ccc(F)nc1)c1ccsc1. The van der Waals surface area contributed by atoms with Crippen molar-refractivity contribution in [2.75, 3.05) is 0 Å². The fourth-order valence-corrected chi connectivity index (χ4v) is 2.15. The Labute approximate surface area is 102 Å². The number of nitrogens with zero attached hydrogens (tertiary/aromatic N) is 1. The van der Waals surface area contributed by atoms with Crippen LogP contribution in [0.2, 0.25) is 0 Å². The van der Waals surface area contributed by atoms with Gasteiger partial charge in [0, 0.05) is 6.20 Å². The standard InChI is InChI=1S/C12H11FN2OS/c1-8(10-4-5-17-7-10)15-12(16)9-2-3-11(13)14-6-9/h2-8H,1H3,(H,15,16). The van der Waals surface area contributed by atoms with Gasteiger partial charge in [0.25, 0.3) is 5.91 Å². The van der Waals surface area contributed by atoms with Gasteiger partial charge in [0.15, 0.2) is 0 Å². The van der Waals surface area contributed by atoms with Crippen LogP contribution in [0.15, 0.2) is 35.2 Å². The summed E-state index contributed by atoms with van der Waals surface area (Å²) in [4.78, 5) is 15.2. The molecular weight excluding hydrogens is 239 g/mol. The molecule has 5 heteroatoms. The maximum absolute atomic E-state index is 12.6. The lowest BCUT2D eigenvalue weighted by atomic mass is 10.1. The molecule has 1 atom stereocenters. The number of halogens is 1. The molecule has 3 nitrogen and oxygen atoms in total. The molecule has 0 aliphatic carbocycles. The molecule has 0 saturated heterocycles. The van der Waals surface area contributed by atoms with Crippen LogP contribution in [-0.2, 0) is 0 Å². The number of pyridine rings is 1. The fraction of sp³-hybridized carbons (Fsp3) is 0.167. The van der Waals surface area contributed by atoms with E-state index >= 15 is 0 Å². The minimum Gasteiger partial charge on any atom is -0.345 e. The lowest BCUT2D eigenvalue weighted by molar-refractivity contribution is 0.0939. The summed E-state index contributed by atoms with van der Waals surface area (Å²) in [5, 5.41) is 6.76. The molecule has 17 heavy (non-hydrogen) atoms. The van der Waals surface area contributed by atoms with Crippen LogP contribution in [0.3, 0.4) is 0 Å². The molecule has 0 aliphatic heterocycles. The van der Waals surface area contributed by atoms with Crippen molar-refractivity contribution in [3.8, 4) is 0 Å². The molecule has 2 heterocycles. The summed E-state index contributed by atoms with van der Waals surface area (Å²) < 4.78 is 12.6. The summed E-state index contributed by atoms with van der Waals surface area (Å²) in [6.45, 7) is 1.90. The summed E-state index contributed by atoms with van der Waals surface area (Å²) in [5.41, 5.74) is 1.41. The van der Waals surface area contributed by atoms with Gasteiger partial charge < -0.3 is 5.32 Å². The van der Waals surface area contributed by atoms with Gasteiger partial charge in [0.1, 0.15) is 0 Å². The van der Waals surface area contributed by atoms with E-state index in [4.69, 9.17) is 0 Å². The summed E-state index contributed by atoms with van der Waals surface area (Å²) in [7, 11) is 0. The first kappa shape index (κ1) is 11.7. The number of carbonyl (C=O) groups is 1. The van der Waals surface area contributed by atoms with Crippen LogP contribution in [0.1, 0.15) is 28.9 Å². The quantitative estimate of drug-likeness (QED) is 0.851.